The van der Waals surface area contributed by atoms with Gasteiger partial charge in [-0.05, 0) is 46.8 Å². The highest BCUT2D eigenvalue weighted by molar-refractivity contribution is 5.89. The number of hydrogen-bond acceptors (Lipinski definition) is 15. The number of carbonyl (C=O) groups is 6. The predicted octanol–water partition coefficient (Wildman–Crippen LogP) is 1.57. The van der Waals surface area contributed by atoms with Crippen LogP contribution in [0, 0.1) is 11.3 Å². The number of ether oxygens (including phenoxy) is 7. The molecule has 0 radical (unpaired) electrons. The minimum absolute atomic E-state index is 0.0394. The number of esters is 6. The molecule has 1 heterocycles. The summed E-state index contributed by atoms with van der Waals surface area (Å²) in [5, 5.41) is 23.4. The lowest BCUT2D eigenvalue weighted by Gasteiger charge is -2.66. The van der Waals surface area contributed by atoms with Gasteiger partial charge in [0.2, 0.25) is 0 Å². The lowest BCUT2D eigenvalue weighted by molar-refractivity contribution is -0.363. The molecule has 15 nitrogen and oxygen atoms in total. The summed E-state index contributed by atoms with van der Waals surface area (Å²) in [6, 6.07) is 7.67. The van der Waals surface area contributed by atoms with Crippen molar-refractivity contribution >= 4 is 35.8 Å². The van der Waals surface area contributed by atoms with Crippen LogP contribution in [-0.2, 0) is 57.1 Å². The Morgan fingerprint density at radius 3 is 1.88 bits per heavy atom. The smallest absolute Gasteiger partial charge is 0.338 e. The van der Waals surface area contributed by atoms with E-state index in [1.165, 1.54) is 19.1 Å². The zero-order valence-corrected chi connectivity index (χ0v) is 29.0. The fourth-order valence-corrected chi connectivity index (χ4v) is 7.89. The van der Waals surface area contributed by atoms with Crippen LogP contribution in [0.5, 0.6) is 0 Å². The zero-order valence-electron chi connectivity index (χ0n) is 29.0. The van der Waals surface area contributed by atoms with Crippen LogP contribution in [0.2, 0.25) is 0 Å². The van der Waals surface area contributed by atoms with Gasteiger partial charge in [0.1, 0.15) is 30.3 Å². The van der Waals surface area contributed by atoms with E-state index < -0.39 is 113 Å². The molecule has 3 aliphatic rings. The molecule has 1 aromatic rings. The minimum Gasteiger partial charge on any atom is -0.465 e. The molecule has 2 aliphatic carbocycles. The van der Waals surface area contributed by atoms with Gasteiger partial charge in [0.05, 0.1) is 22.7 Å². The molecule has 2 saturated carbocycles. The lowest BCUT2D eigenvalue weighted by atomic mass is 9.45. The van der Waals surface area contributed by atoms with Crippen LogP contribution in [0.3, 0.4) is 0 Å². The van der Waals surface area contributed by atoms with Crippen LogP contribution in [0.4, 0.5) is 0 Å². The third-order valence-corrected chi connectivity index (χ3v) is 9.45. The Hall–Kier alpha value is -4.08. The summed E-state index contributed by atoms with van der Waals surface area (Å²) >= 11 is 0. The molecule has 49 heavy (non-hydrogen) atoms. The van der Waals surface area contributed by atoms with Crippen LogP contribution in [0.25, 0.3) is 0 Å². The fraction of sp³-hybridized carbons (Fsp3) is 0.647. The van der Waals surface area contributed by atoms with Gasteiger partial charge in [-0.2, -0.15) is 0 Å². The van der Waals surface area contributed by atoms with Gasteiger partial charge in [-0.3, -0.25) is 19.2 Å². The first kappa shape index (κ1) is 37.7. The van der Waals surface area contributed by atoms with E-state index in [-0.39, 0.29) is 5.56 Å². The summed E-state index contributed by atoms with van der Waals surface area (Å²) in [5.74, 6) is -6.88. The molecule has 4 rings (SSSR count). The number of aliphatic hydroxyl groups is 2. The molecular weight excluding hydrogens is 648 g/mol. The molecule has 1 aromatic carbocycles. The van der Waals surface area contributed by atoms with Crippen LogP contribution in [0.1, 0.15) is 79.1 Å². The second-order valence-electron chi connectivity index (χ2n) is 14.1. The topological polar surface area (TPSA) is 207 Å². The van der Waals surface area contributed by atoms with Crippen molar-refractivity contribution in [3.63, 3.8) is 0 Å². The highest BCUT2D eigenvalue weighted by atomic mass is 16.7. The number of carbonyl (C=O) groups excluding carboxylic acids is 6. The summed E-state index contributed by atoms with van der Waals surface area (Å²) in [6.07, 6.45) is -8.93. The predicted molar refractivity (Wildman–Crippen MR) is 164 cm³/mol. The second kappa shape index (κ2) is 13.0. The number of fused-ring (bicyclic) bond motifs is 1. The first-order valence-electron chi connectivity index (χ1n) is 15.8. The average Bonchev–Trinajstić information content (AvgIpc) is 3.15. The molecular formula is C34H44O15. The number of rotatable bonds is 9. The van der Waals surface area contributed by atoms with E-state index in [0.29, 0.717) is 0 Å². The van der Waals surface area contributed by atoms with Crippen molar-refractivity contribution in [2.75, 3.05) is 6.61 Å². The molecule has 2 N–H and O–H groups in total. The molecule has 1 saturated heterocycles. The van der Waals surface area contributed by atoms with E-state index in [9.17, 15) is 39.0 Å². The number of benzene rings is 1. The van der Waals surface area contributed by atoms with Gasteiger partial charge in [0, 0.05) is 34.1 Å². The second-order valence-corrected chi connectivity index (χ2v) is 14.1. The summed E-state index contributed by atoms with van der Waals surface area (Å²) in [7, 11) is 0. The SMILES string of the molecule is CC(=O)OC[C@@]12C(OC(=O)c3ccccc3)C(OC(C)=O)C[C@@](C)(O)[C@]13OC(C)(C)[C@H](C(OC(C)=O)C2OC(=O)C(C)(C)O)C3OC(C)=O. The van der Waals surface area contributed by atoms with Crippen molar-refractivity contribution in [3.05, 3.63) is 35.9 Å². The maximum atomic E-state index is 13.9. The van der Waals surface area contributed by atoms with Gasteiger partial charge in [0.15, 0.2) is 23.4 Å². The van der Waals surface area contributed by atoms with Crippen molar-refractivity contribution in [2.45, 2.75) is 122 Å². The average molecular weight is 693 g/mol. The molecule has 15 heteroatoms. The Morgan fingerprint density at radius 2 is 1.37 bits per heavy atom. The first-order chi connectivity index (χ1) is 22.5. The highest BCUT2D eigenvalue weighted by Crippen LogP contribution is 2.69. The van der Waals surface area contributed by atoms with Gasteiger partial charge in [0.25, 0.3) is 0 Å². The van der Waals surface area contributed by atoms with Crippen molar-refractivity contribution in [1.82, 2.24) is 0 Å². The summed E-state index contributed by atoms with van der Waals surface area (Å²) in [6.45, 7) is 10.1. The Balaban J connectivity index is 2.20. The van der Waals surface area contributed by atoms with Crippen LogP contribution >= 0.6 is 0 Å². The molecule has 1 aliphatic heterocycles. The van der Waals surface area contributed by atoms with Crippen molar-refractivity contribution in [2.24, 2.45) is 11.3 Å². The maximum absolute atomic E-state index is 13.9. The van der Waals surface area contributed by atoms with Gasteiger partial charge in [-0.25, -0.2) is 9.59 Å². The Morgan fingerprint density at radius 1 is 0.796 bits per heavy atom. The highest BCUT2D eigenvalue weighted by Gasteiger charge is 2.89. The summed E-state index contributed by atoms with van der Waals surface area (Å²) in [5.41, 5.74) is -10.5. The van der Waals surface area contributed by atoms with Gasteiger partial charge in [-0.15, -0.1) is 0 Å². The molecule has 2 bridgehead atoms. The molecule has 270 valence electrons. The molecule has 1 spiro atoms. The van der Waals surface area contributed by atoms with Crippen molar-refractivity contribution in [1.29, 1.82) is 0 Å². The van der Waals surface area contributed by atoms with Crippen LogP contribution < -0.4 is 0 Å². The van der Waals surface area contributed by atoms with Crippen molar-refractivity contribution in [3.8, 4) is 0 Å². The van der Waals surface area contributed by atoms with E-state index in [1.54, 1.807) is 32.0 Å². The monoisotopic (exact) mass is 692 g/mol. The Labute approximate surface area is 283 Å². The molecule has 3 fully saturated rings. The summed E-state index contributed by atoms with van der Waals surface area (Å²) in [4.78, 5) is 78.4. The van der Waals surface area contributed by atoms with E-state index in [1.807, 2.05) is 0 Å². The van der Waals surface area contributed by atoms with Crippen molar-refractivity contribution < 1.29 is 72.1 Å². The standard InChI is InChI=1S/C34H44O15/c1-17(35)43-16-33-25(47-28(39)21-13-11-10-12-14-21)22(44-18(2)36)15-32(9,42)34(33)26(46-20(4)38)23(31(7,8)49-34)24(45-19(3)37)27(33)48-29(40)30(5,6)41/h10-14,22-27,41-42H,15-16H2,1-9H3/t22?,23-,24?,25?,26?,27?,32-,33+,34+/m1/s1. The van der Waals surface area contributed by atoms with E-state index in [4.69, 9.17) is 33.2 Å². The molecule has 0 aromatic heterocycles. The lowest BCUT2D eigenvalue weighted by Crippen LogP contribution is -2.85. The van der Waals surface area contributed by atoms with E-state index in [2.05, 4.69) is 0 Å². The molecule has 9 atom stereocenters. The van der Waals surface area contributed by atoms with E-state index >= 15 is 0 Å². The minimum atomic E-state index is -2.39. The third kappa shape index (κ3) is 6.51. The third-order valence-electron chi connectivity index (χ3n) is 9.45. The van der Waals surface area contributed by atoms with Crippen LogP contribution in [-0.4, -0.2) is 106 Å². The van der Waals surface area contributed by atoms with E-state index in [0.717, 1.165) is 41.5 Å². The molecule has 5 unspecified atom stereocenters. The Bertz CT molecular complexity index is 1490. The number of hydrogen-bond donors (Lipinski definition) is 2. The first-order valence-corrected chi connectivity index (χ1v) is 15.8. The van der Waals surface area contributed by atoms with Gasteiger partial charge < -0.3 is 43.4 Å². The normalized spacial score (nSPS) is 34.4. The summed E-state index contributed by atoms with van der Waals surface area (Å²) < 4.78 is 42.1. The quantitative estimate of drug-likeness (QED) is 0.278. The maximum Gasteiger partial charge on any atom is 0.338 e. The van der Waals surface area contributed by atoms with Gasteiger partial charge in [-0.1, -0.05) is 18.2 Å². The largest absolute Gasteiger partial charge is 0.465 e. The van der Waals surface area contributed by atoms with Crippen LogP contribution in [0.15, 0.2) is 30.3 Å². The Kier molecular flexibility index (Phi) is 10.0. The van der Waals surface area contributed by atoms with Gasteiger partial charge >= 0.3 is 35.8 Å². The zero-order chi connectivity index (χ0) is 36.9. The molecule has 0 amide bonds. The fourth-order valence-electron chi connectivity index (χ4n) is 7.89.